The van der Waals surface area contributed by atoms with E-state index in [1.54, 1.807) is 0 Å². The van der Waals surface area contributed by atoms with Crippen molar-refractivity contribution >= 4 is 43.5 Å². The molecule has 0 atom stereocenters. The molecule has 0 aliphatic heterocycles. The minimum Gasteiger partial charge on any atom is -0.166 e. The van der Waals surface area contributed by atoms with Crippen LogP contribution in [0.1, 0.15) is 22.3 Å². The first kappa shape index (κ1) is 18.9. The van der Waals surface area contributed by atoms with Crippen LogP contribution in [0.25, 0.3) is 11.6 Å². The van der Waals surface area contributed by atoms with Gasteiger partial charge in [-0.05, 0) is 64.7 Å². The zero-order valence-corrected chi connectivity index (χ0v) is 16.6. The monoisotopic (exact) mass is 480 g/mol. The number of rotatable bonds is 3. The zero-order chi connectivity index (χ0) is 18.7. The maximum Gasteiger partial charge on any atom is 0.416 e. The first-order valence-electron chi connectivity index (χ1n) is 7.74. The molecule has 0 spiro atoms. The third kappa shape index (κ3) is 4.65. The highest BCUT2D eigenvalue weighted by atomic mass is 79.9. The van der Waals surface area contributed by atoms with Crippen molar-refractivity contribution in [3.63, 3.8) is 0 Å². The molecule has 0 N–H and O–H groups in total. The molecule has 26 heavy (non-hydrogen) atoms. The van der Waals surface area contributed by atoms with E-state index >= 15 is 0 Å². The van der Waals surface area contributed by atoms with E-state index in [9.17, 15) is 13.2 Å². The van der Waals surface area contributed by atoms with Crippen LogP contribution in [0.4, 0.5) is 13.2 Å². The smallest absolute Gasteiger partial charge is 0.166 e. The van der Waals surface area contributed by atoms with E-state index in [1.165, 1.54) is 12.1 Å². The van der Waals surface area contributed by atoms with Crippen molar-refractivity contribution in [2.45, 2.75) is 6.18 Å². The molecular weight excluding hydrogens is 469 g/mol. The van der Waals surface area contributed by atoms with E-state index < -0.39 is 11.7 Å². The average Bonchev–Trinajstić information content (AvgIpc) is 2.62. The molecule has 0 aromatic heterocycles. The van der Waals surface area contributed by atoms with Gasteiger partial charge in [-0.3, -0.25) is 0 Å². The summed E-state index contributed by atoms with van der Waals surface area (Å²) in [4.78, 5) is 0. The summed E-state index contributed by atoms with van der Waals surface area (Å²) in [5.41, 5.74) is 2.82. The standard InChI is InChI=1S/C21H13Br2F3/c22-18-9-1-14(2-10-18)13-20(16-5-11-19(23)12-6-16)15-3-7-17(8-4-15)21(24,25)26/h1-13H/b20-13-. The zero-order valence-electron chi connectivity index (χ0n) is 13.4. The van der Waals surface area contributed by atoms with E-state index in [2.05, 4.69) is 31.9 Å². The van der Waals surface area contributed by atoms with Crippen LogP contribution < -0.4 is 0 Å². The van der Waals surface area contributed by atoms with E-state index in [0.29, 0.717) is 0 Å². The van der Waals surface area contributed by atoms with Gasteiger partial charge in [-0.2, -0.15) is 13.2 Å². The van der Waals surface area contributed by atoms with Gasteiger partial charge in [-0.1, -0.05) is 68.3 Å². The lowest BCUT2D eigenvalue weighted by Crippen LogP contribution is -2.04. The van der Waals surface area contributed by atoms with Crippen LogP contribution in [-0.2, 0) is 6.18 Å². The molecule has 5 heteroatoms. The van der Waals surface area contributed by atoms with Crippen molar-refractivity contribution < 1.29 is 13.2 Å². The minimum absolute atomic E-state index is 0.653. The van der Waals surface area contributed by atoms with Crippen LogP contribution in [0.2, 0.25) is 0 Å². The van der Waals surface area contributed by atoms with Crippen LogP contribution in [0, 0.1) is 0 Å². The highest BCUT2D eigenvalue weighted by Crippen LogP contribution is 2.32. The summed E-state index contributed by atoms with van der Waals surface area (Å²) in [5.74, 6) is 0. The molecule has 0 unspecified atom stereocenters. The van der Waals surface area contributed by atoms with Gasteiger partial charge in [0.2, 0.25) is 0 Å². The van der Waals surface area contributed by atoms with E-state index in [4.69, 9.17) is 0 Å². The molecule has 0 nitrogen and oxygen atoms in total. The molecule has 0 aliphatic rings. The molecule has 132 valence electrons. The molecule has 0 aliphatic carbocycles. The van der Waals surface area contributed by atoms with Gasteiger partial charge in [0, 0.05) is 8.95 Å². The Morgan fingerprint density at radius 3 is 1.54 bits per heavy atom. The van der Waals surface area contributed by atoms with Crippen molar-refractivity contribution in [3.8, 4) is 0 Å². The van der Waals surface area contributed by atoms with Crippen LogP contribution in [0.5, 0.6) is 0 Å². The fourth-order valence-corrected chi connectivity index (χ4v) is 3.06. The maximum atomic E-state index is 12.8. The molecule has 3 aromatic carbocycles. The summed E-state index contributed by atoms with van der Waals surface area (Å²) in [6, 6.07) is 20.7. The van der Waals surface area contributed by atoms with Crippen LogP contribution in [-0.4, -0.2) is 0 Å². The SMILES string of the molecule is FC(F)(F)c1ccc(/C(=C/c2ccc(Br)cc2)c2ccc(Br)cc2)cc1. The Balaban J connectivity index is 2.08. The number of alkyl halides is 3. The molecule has 0 heterocycles. The third-order valence-electron chi connectivity index (χ3n) is 3.86. The molecule has 0 bridgehead atoms. The van der Waals surface area contributed by atoms with E-state index in [0.717, 1.165) is 43.3 Å². The third-order valence-corrected chi connectivity index (χ3v) is 4.92. The second-order valence-corrected chi connectivity index (χ2v) is 7.52. The van der Waals surface area contributed by atoms with Crippen molar-refractivity contribution in [2.75, 3.05) is 0 Å². The molecule has 0 saturated heterocycles. The first-order chi connectivity index (χ1) is 12.3. The average molecular weight is 482 g/mol. The molecule has 3 rings (SSSR count). The largest absolute Gasteiger partial charge is 0.416 e. The molecule has 0 radical (unpaired) electrons. The van der Waals surface area contributed by atoms with Crippen molar-refractivity contribution in [3.05, 3.63) is 104 Å². The van der Waals surface area contributed by atoms with Gasteiger partial charge in [0.1, 0.15) is 0 Å². The maximum absolute atomic E-state index is 12.8. The Kier molecular flexibility index (Phi) is 5.68. The van der Waals surface area contributed by atoms with Gasteiger partial charge in [-0.25, -0.2) is 0 Å². The van der Waals surface area contributed by atoms with Crippen molar-refractivity contribution in [1.29, 1.82) is 0 Å². The first-order valence-corrected chi connectivity index (χ1v) is 9.32. The predicted octanol–water partition coefficient (Wildman–Crippen LogP) is 7.82. The quantitative estimate of drug-likeness (QED) is 0.334. The lowest BCUT2D eigenvalue weighted by molar-refractivity contribution is -0.137. The van der Waals surface area contributed by atoms with Gasteiger partial charge in [0.25, 0.3) is 0 Å². The fraction of sp³-hybridized carbons (Fsp3) is 0.0476. The summed E-state index contributed by atoms with van der Waals surface area (Å²) < 4.78 is 40.5. The molecular formula is C21H13Br2F3. The summed E-state index contributed by atoms with van der Waals surface area (Å²) >= 11 is 6.81. The predicted molar refractivity (Wildman–Crippen MR) is 107 cm³/mol. The molecule has 0 fully saturated rings. The highest BCUT2D eigenvalue weighted by molar-refractivity contribution is 9.10. The van der Waals surface area contributed by atoms with E-state index in [-0.39, 0.29) is 0 Å². The Bertz CT molecular complexity index is 907. The second-order valence-electron chi connectivity index (χ2n) is 5.69. The van der Waals surface area contributed by atoms with Gasteiger partial charge >= 0.3 is 6.18 Å². The second kappa shape index (κ2) is 7.80. The molecule has 0 saturated carbocycles. The summed E-state index contributed by atoms with van der Waals surface area (Å²) in [6.07, 6.45) is -2.37. The Morgan fingerprint density at radius 2 is 1.08 bits per heavy atom. The van der Waals surface area contributed by atoms with Gasteiger partial charge in [-0.15, -0.1) is 0 Å². The number of hydrogen-bond acceptors (Lipinski definition) is 0. The number of hydrogen-bond donors (Lipinski definition) is 0. The van der Waals surface area contributed by atoms with Crippen LogP contribution in [0.3, 0.4) is 0 Å². The Hall–Kier alpha value is -1.85. The van der Waals surface area contributed by atoms with Gasteiger partial charge in [0.05, 0.1) is 5.56 Å². The summed E-state index contributed by atoms with van der Waals surface area (Å²) in [6.45, 7) is 0. The number of benzene rings is 3. The van der Waals surface area contributed by atoms with Crippen molar-refractivity contribution in [2.24, 2.45) is 0 Å². The summed E-state index contributed by atoms with van der Waals surface area (Å²) in [7, 11) is 0. The topological polar surface area (TPSA) is 0 Å². The Labute approximate surface area is 166 Å². The highest BCUT2D eigenvalue weighted by Gasteiger charge is 2.30. The van der Waals surface area contributed by atoms with Crippen molar-refractivity contribution in [1.82, 2.24) is 0 Å². The van der Waals surface area contributed by atoms with Crippen LogP contribution in [0.15, 0.2) is 81.7 Å². The summed E-state index contributed by atoms with van der Waals surface area (Å²) in [5, 5.41) is 0. The lowest BCUT2D eigenvalue weighted by atomic mass is 9.95. The minimum atomic E-state index is -4.34. The lowest BCUT2D eigenvalue weighted by Gasteiger charge is -2.12. The van der Waals surface area contributed by atoms with Crippen LogP contribution >= 0.6 is 31.9 Å². The molecule has 0 amide bonds. The normalized spacial score (nSPS) is 12.3. The van der Waals surface area contributed by atoms with Gasteiger partial charge < -0.3 is 0 Å². The number of halogens is 5. The van der Waals surface area contributed by atoms with E-state index in [1.807, 2.05) is 54.6 Å². The molecule has 3 aromatic rings. The Morgan fingerprint density at radius 1 is 0.654 bits per heavy atom. The fourth-order valence-electron chi connectivity index (χ4n) is 2.53. The van der Waals surface area contributed by atoms with Gasteiger partial charge in [0.15, 0.2) is 0 Å².